The third-order valence-electron chi connectivity index (χ3n) is 0. The van der Waals surface area contributed by atoms with Crippen molar-refractivity contribution in [3.05, 3.63) is 0 Å². The zero-order chi connectivity index (χ0) is 0. The fourth-order valence-electron chi connectivity index (χ4n) is 0. The van der Waals surface area contributed by atoms with Crippen LogP contribution in [0.3, 0.4) is 0 Å². The molecular formula is BCoNiSn. The van der Waals surface area contributed by atoms with Gasteiger partial charge in [0.15, 0.2) is 0 Å². The van der Waals surface area contributed by atoms with E-state index in [-0.39, 0.29) is 65.6 Å². The summed E-state index contributed by atoms with van der Waals surface area (Å²) in [6.07, 6.45) is 0. The van der Waals surface area contributed by atoms with Gasteiger partial charge in [-0.05, 0) is 0 Å². The molecule has 0 saturated heterocycles. The van der Waals surface area contributed by atoms with Crippen LogP contribution in [0, 0.1) is 0 Å². The van der Waals surface area contributed by atoms with E-state index < -0.39 is 0 Å². The molecule has 0 N–H and O–H groups in total. The zero-order valence-electron chi connectivity index (χ0n) is 1.73. The van der Waals surface area contributed by atoms with Crippen molar-refractivity contribution in [3.8, 4) is 0 Å². The molecule has 0 aromatic carbocycles. The molecule has 0 aliphatic heterocycles. The van der Waals surface area contributed by atoms with E-state index in [4.69, 9.17) is 0 Å². The molecule has 0 atom stereocenters. The Bertz CT molecular complexity index is 8.00. The van der Waals surface area contributed by atoms with Gasteiger partial charge in [-0.15, -0.1) is 0 Å². The Hall–Kier alpha value is 1.86. The quantitative estimate of drug-likeness (QED) is 0.493. The molecule has 0 unspecified atom stereocenters. The Morgan fingerprint density at radius 3 is 1.00 bits per heavy atom. The van der Waals surface area contributed by atoms with E-state index in [0.29, 0.717) is 0 Å². The van der Waals surface area contributed by atoms with Crippen molar-refractivity contribution < 1.29 is 33.3 Å². The summed E-state index contributed by atoms with van der Waals surface area (Å²) < 4.78 is 0. The summed E-state index contributed by atoms with van der Waals surface area (Å²) in [6, 6.07) is 0. The van der Waals surface area contributed by atoms with Crippen LogP contribution in [0.25, 0.3) is 0 Å². The van der Waals surface area contributed by atoms with Crippen molar-refractivity contribution in [2.24, 2.45) is 0 Å². The minimum Gasteiger partial charge on any atom is 0 e. The van der Waals surface area contributed by atoms with Crippen molar-refractivity contribution in [1.29, 1.82) is 0 Å². The van der Waals surface area contributed by atoms with Gasteiger partial charge in [0.1, 0.15) is 0 Å². The maximum atomic E-state index is 0. The Kier molecular flexibility index (Phi) is 209. The largest absolute Gasteiger partial charge is 0 e. The SMILES string of the molecule is [B].[Co].[Ni].[Sn]. The molecule has 8 radical (unpaired) electrons. The molecule has 0 aromatic heterocycles. The molecule has 0 amide bonds. The van der Waals surface area contributed by atoms with E-state index in [1.807, 2.05) is 0 Å². The van der Waals surface area contributed by atoms with Crippen molar-refractivity contribution >= 4 is 32.3 Å². The van der Waals surface area contributed by atoms with E-state index in [0.717, 1.165) is 0 Å². The zero-order valence-corrected chi connectivity index (χ0v) is 6.61. The summed E-state index contributed by atoms with van der Waals surface area (Å²) in [6.45, 7) is 0. The van der Waals surface area contributed by atoms with Crippen molar-refractivity contribution in [2.75, 3.05) is 0 Å². The van der Waals surface area contributed by atoms with Crippen LogP contribution in [-0.2, 0) is 33.3 Å². The first-order chi connectivity index (χ1) is 0. The molecular weight excluding hydrogens is 247 g/mol. The van der Waals surface area contributed by atoms with Gasteiger partial charge in [-0.25, -0.2) is 0 Å². The minimum absolute atomic E-state index is 0. The van der Waals surface area contributed by atoms with Crippen LogP contribution in [0.5, 0.6) is 0 Å². The molecule has 0 spiro atoms. The van der Waals surface area contributed by atoms with Crippen LogP contribution in [0.4, 0.5) is 0 Å². The second-order valence-corrected chi connectivity index (χ2v) is 0. The van der Waals surface area contributed by atoms with E-state index in [9.17, 15) is 0 Å². The predicted molar refractivity (Wildman–Crippen MR) is 11.5 cm³/mol. The third-order valence-corrected chi connectivity index (χ3v) is 0. The van der Waals surface area contributed by atoms with E-state index in [2.05, 4.69) is 0 Å². The van der Waals surface area contributed by atoms with Gasteiger partial charge in [-0.3, -0.25) is 0 Å². The maximum absolute atomic E-state index is 0. The average Bonchev–Trinajstić information content (AvgIpc) is 0. The molecule has 4 heavy (non-hydrogen) atoms. The number of hydrogen-bond acceptors (Lipinski definition) is 0. The van der Waals surface area contributed by atoms with E-state index in [1.165, 1.54) is 0 Å². The van der Waals surface area contributed by atoms with Crippen LogP contribution in [-0.4, -0.2) is 32.3 Å². The molecule has 0 heterocycles. The standard InChI is InChI=1S/B.Co.Ni.Sn. The summed E-state index contributed by atoms with van der Waals surface area (Å²) in [4.78, 5) is 0. The molecule has 26 valence electrons. The van der Waals surface area contributed by atoms with Gasteiger partial charge >= 0.3 is 0 Å². The first kappa shape index (κ1) is 39.9. The van der Waals surface area contributed by atoms with E-state index >= 15 is 0 Å². The first-order valence-corrected chi connectivity index (χ1v) is 0. The normalized spacial score (nSPS) is 0. The number of rotatable bonds is 0. The van der Waals surface area contributed by atoms with Gasteiger partial charge < -0.3 is 0 Å². The Balaban J connectivity index is 0. The van der Waals surface area contributed by atoms with Crippen molar-refractivity contribution in [2.45, 2.75) is 0 Å². The van der Waals surface area contributed by atoms with Crippen LogP contribution < -0.4 is 0 Å². The topological polar surface area (TPSA) is 0 Å². The van der Waals surface area contributed by atoms with Gasteiger partial charge in [0.2, 0.25) is 0 Å². The summed E-state index contributed by atoms with van der Waals surface area (Å²) >= 11 is 0. The fourth-order valence-corrected chi connectivity index (χ4v) is 0. The van der Waals surface area contributed by atoms with Gasteiger partial charge in [0.25, 0.3) is 0 Å². The van der Waals surface area contributed by atoms with Gasteiger partial charge in [0, 0.05) is 65.6 Å². The monoisotopic (exact) mass is 248 g/mol. The summed E-state index contributed by atoms with van der Waals surface area (Å²) in [5, 5.41) is 0. The van der Waals surface area contributed by atoms with E-state index in [1.54, 1.807) is 0 Å². The smallest absolute Gasteiger partial charge is 0 e. The van der Waals surface area contributed by atoms with Crippen LogP contribution in [0.15, 0.2) is 0 Å². The second-order valence-electron chi connectivity index (χ2n) is 0. The fraction of sp³-hybridized carbons (Fsp3) is 0. The van der Waals surface area contributed by atoms with Crippen molar-refractivity contribution in [1.82, 2.24) is 0 Å². The molecule has 0 saturated carbocycles. The van der Waals surface area contributed by atoms with Gasteiger partial charge in [0.05, 0.1) is 0 Å². The van der Waals surface area contributed by atoms with Gasteiger partial charge in [-0.2, -0.15) is 0 Å². The van der Waals surface area contributed by atoms with Crippen LogP contribution in [0.1, 0.15) is 0 Å². The Morgan fingerprint density at radius 1 is 1.00 bits per heavy atom. The number of hydrogen-bond donors (Lipinski definition) is 0. The molecule has 0 aromatic rings. The van der Waals surface area contributed by atoms with Crippen LogP contribution in [0.2, 0.25) is 0 Å². The van der Waals surface area contributed by atoms with Crippen molar-refractivity contribution in [3.63, 3.8) is 0 Å². The predicted octanol–water partition coefficient (Wildman–Crippen LogP) is -0.767. The Morgan fingerprint density at radius 2 is 1.00 bits per heavy atom. The maximum Gasteiger partial charge on any atom is 0 e. The summed E-state index contributed by atoms with van der Waals surface area (Å²) in [5.41, 5.74) is 0. The molecule has 0 rings (SSSR count). The average molecular weight is 247 g/mol. The summed E-state index contributed by atoms with van der Waals surface area (Å²) in [7, 11) is 0. The second kappa shape index (κ2) is 20.9. The minimum atomic E-state index is 0. The Labute approximate surface area is 65.1 Å². The third kappa shape index (κ3) is 9.12. The molecule has 0 fully saturated rings. The molecule has 0 bridgehead atoms. The molecule has 0 nitrogen and oxygen atoms in total. The molecule has 4 heteroatoms. The molecule has 0 aliphatic rings. The first-order valence-electron chi connectivity index (χ1n) is 0. The van der Waals surface area contributed by atoms with Gasteiger partial charge in [-0.1, -0.05) is 0 Å². The summed E-state index contributed by atoms with van der Waals surface area (Å²) in [5.74, 6) is 0. The van der Waals surface area contributed by atoms with Crippen LogP contribution >= 0.6 is 0 Å². The molecule has 0 aliphatic carbocycles.